The van der Waals surface area contributed by atoms with Crippen LogP contribution in [-0.4, -0.2) is 21.4 Å². The number of rotatable bonds is 6. The third-order valence-electron chi connectivity index (χ3n) is 4.90. The van der Waals surface area contributed by atoms with Crippen LogP contribution in [0.4, 0.5) is 0 Å². The van der Waals surface area contributed by atoms with Gasteiger partial charge in [-0.15, -0.1) is 4.83 Å². The van der Waals surface area contributed by atoms with Crippen molar-refractivity contribution >= 4 is 26.7 Å². The number of amides is 1. The topological polar surface area (TPSA) is 84.5 Å². The zero-order valence-electron chi connectivity index (χ0n) is 16.7. The van der Waals surface area contributed by atoms with Crippen LogP contribution in [0, 0.1) is 0 Å². The molecule has 0 aliphatic rings. The molecule has 156 valence electrons. The van der Waals surface area contributed by atoms with Gasteiger partial charge in [0, 0.05) is 5.56 Å². The number of hydrazine groups is 1. The number of methoxy groups -OCH3 is 1. The van der Waals surface area contributed by atoms with Gasteiger partial charge in [-0.25, -0.2) is 8.42 Å². The van der Waals surface area contributed by atoms with Crippen molar-refractivity contribution in [3.8, 4) is 16.9 Å². The molecule has 0 atom stereocenters. The molecule has 0 unspecified atom stereocenters. The van der Waals surface area contributed by atoms with Crippen LogP contribution in [0.5, 0.6) is 5.75 Å². The Bertz CT molecular complexity index is 1330. The van der Waals surface area contributed by atoms with Crippen LogP contribution >= 0.6 is 0 Å². The summed E-state index contributed by atoms with van der Waals surface area (Å²) in [5.74, 6) is 0.212. The summed E-state index contributed by atoms with van der Waals surface area (Å²) < 4.78 is 30.3. The first kappa shape index (κ1) is 20.6. The minimum atomic E-state index is -3.91. The number of hydrogen-bond donors (Lipinski definition) is 2. The van der Waals surface area contributed by atoms with Crippen molar-refractivity contribution in [3.63, 3.8) is 0 Å². The number of carbonyl (C=O) groups is 1. The van der Waals surface area contributed by atoms with Crippen molar-refractivity contribution in [2.75, 3.05) is 7.11 Å². The molecule has 0 heterocycles. The highest BCUT2D eigenvalue weighted by Gasteiger charge is 2.16. The van der Waals surface area contributed by atoms with E-state index in [2.05, 4.69) is 10.3 Å². The molecular weight excluding hydrogens is 412 g/mol. The molecule has 0 radical (unpaired) electrons. The van der Waals surface area contributed by atoms with E-state index in [4.69, 9.17) is 4.74 Å². The van der Waals surface area contributed by atoms with Gasteiger partial charge < -0.3 is 4.74 Å². The molecule has 0 aliphatic carbocycles. The summed E-state index contributed by atoms with van der Waals surface area (Å²) in [4.78, 5) is 14.6. The zero-order chi connectivity index (χ0) is 21.8. The fourth-order valence-corrected chi connectivity index (χ4v) is 4.05. The summed E-state index contributed by atoms with van der Waals surface area (Å²) in [6, 6.07) is 26.7. The van der Waals surface area contributed by atoms with Crippen LogP contribution in [0.1, 0.15) is 10.4 Å². The minimum Gasteiger partial charge on any atom is -0.497 e. The highest BCUT2D eigenvalue weighted by molar-refractivity contribution is 7.89. The number of carbonyl (C=O) groups excluding carboxylic acids is 1. The van der Waals surface area contributed by atoms with Crippen LogP contribution < -0.4 is 15.0 Å². The third kappa shape index (κ3) is 4.58. The monoisotopic (exact) mass is 432 g/mol. The van der Waals surface area contributed by atoms with Crippen LogP contribution in [0.2, 0.25) is 0 Å². The van der Waals surface area contributed by atoms with Crippen LogP contribution in [0.15, 0.2) is 95.9 Å². The number of nitrogens with one attached hydrogen (secondary N) is 2. The zero-order valence-corrected chi connectivity index (χ0v) is 17.5. The van der Waals surface area contributed by atoms with E-state index in [0.717, 1.165) is 27.6 Å². The molecule has 0 saturated heterocycles. The van der Waals surface area contributed by atoms with E-state index in [1.165, 1.54) is 6.07 Å². The molecule has 4 rings (SSSR count). The van der Waals surface area contributed by atoms with E-state index < -0.39 is 15.9 Å². The van der Waals surface area contributed by atoms with Gasteiger partial charge in [0.15, 0.2) is 0 Å². The maximum Gasteiger partial charge on any atom is 0.266 e. The summed E-state index contributed by atoms with van der Waals surface area (Å²) in [5, 5.41) is 1.73. The lowest BCUT2D eigenvalue weighted by Gasteiger charge is -2.10. The van der Waals surface area contributed by atoms with Crippen molar-refractivity contribution in [1.82, 2.24) is 10.3 Å². The highest BCUT2D eigenvalue weighted by Crippen LogP contribution is 2.23. The van der Waals surface area contributed by atoms with E-state index in [1.807, 2.05) is 48.5 Å². The Kier molecular flexibility index (Phi) is 5.70. The van der Waals surface area contributed by atoms with Gasteiger partial charge >= 0.3 is 0 Å². The number of hydrogen-bond acceptors (Lipinski definition) is 4. The predicted octanol–water partition coefficient (Wildman–Crippen LogP) is 4.14. The molecule has 0 aliphatic heterocycles. The van der Waals surface area contributed by atoms with Gasteiger partial charge in [0.05, 0.1) is 12.0 Å². The van der Waals surface area contributed by atoms with Gasteiger partial charge in [0.25, 0.3) is 15.9 Å². The first-order valence-electron chi connectivity index (χ1n) is 9.52. The molecule has 4 aromatic carbocycles. The van der Waals surface area contributed by atoms with Gasteiger partial charge in [0.1, 0.15) is 5.75 Å². The lowest BCUT2D eigenvalue weighted by atomic mass is 10.0. The maximum absolute atomic E-state index is 12.6. The fraction of sp³-hybridized carbons (Fsp3) is 0.0417. The highest BCUT2D eigenvalue weighted by atomic mass is 32.2. The second kappa shape index (κ2) is 8.59. The molecule has 0 fully saturated rings. The molecule has 0 saturated carbocycles. The fourth-order valence-electron chi connectivity index (χ4n) is 3.18. The van der Waals surface area contributed by atoms with E-state index >= 15 is 0 Å². The maximum atomic E-state index is 12.6. The normalized spacial score (nSPS) is 11.3. The minimum absolute atomic E-state index is 0.0707. The van der Waals surface area contributed by atoms with Crippen molar-refractivity contribution in [3.05, 3.63) is 96.6 Å². The Hall–Kier alpha value is -3.68. The number of benzene rings is 4. The molecule has 7 heteroatoms. The van der Waals surface area contributed by atoms with Gasteiger partial charge in [-0.1, -0.05) is 54.6 Å². The Morgan fingerprint density at radius 1 is 0.774 bits per heavy atom. The summed E-state index contributed by atoms with van der Waals surface area (Å²) in [6.07, 6.45) is 0. The van der Waals surface area contributed by atoms with E-state index in [9.17, 15) is 13.2 Å². The third-order valence-corrected chi connectivity index (χ3v) is 6.15. The van der Waals surface area contributed by atoms with Crippen molar-refractivity contribution < 1.29 is 17.9 Å². The van der Waals surface area contributed by atoms with Crippen LogP contribution in [0.25, 0.3) is 21.9 Å². The van der Waals surface area contributed by atoms with Crippen molar-refractivity contribution in [2.24, 2.45) is 0 Å². The molecule has 0 aromatic heterocycles. The van der Waals surface area contributed by atoms with E-state index in [0.29, 0.717) is 5.56 Å². The molecule has 0 bridgehead atoms. The van der Waals surface area contributed by atoms with Crippen LogP contribution in [0.3, 0.4) is 0 Å². The summed E-state index contributed by atoms with van der Waals surface area (Å²) >= 11 is 0. The summed E-state index contributed by atoms with van der Waals surface area (Å²) in [7, 11) is -2.30. The van der Waals surface area contributed by atoms with E-state index in [1.54, 1.807) is 43.5 Å². The van der Waals surface area contributed by atoms with Crippen LogP contribution in [-0.2, 0) is 10.0 Å². The smallest absolute Gasteiger partial charge is 0.266 e. The SMILES string of the molecule is COc1ccc(-c2ccc(C(=O)NNS(=O)(=O)c3ccc4ccccc4c3)cc2)cc1. The van der Waals surface area contributed by atoms with Gasteiger partial charge in [-0.05, 0) is 58.3 Å². The molecular formula is C24H20N2O4S. The average Bonchev–Trinajstić information content (AvgIpc) is 2.82. The Morgan fingerprint density at radius 3 is 2.03 bits per heavy atom. The lowest BCUT2D eigenvalue weighted by molar-refractivity contribution is 0.0945. The Balaban J connectivity index is 1.44. The molecule has 6 nitrogen and oxygen atoms in total. The molecule has 2 N–H and O–H groups in total. The number of fused-ring (bicyclic) bond motifs is 1. The average molecular weight is 433 g/mol. The largest absolute Gasteiger partial charge is 0.497 e. The van der Waals surface area contributed by atoms with Gasteiger partial charge in [0.2, 0.25) is 0 Å². The first-order valence-corrected chi connectivity index (χ1v) is 11.0. The second-order valence-electron chi connectivity index (χ2n) is 6.87. The second-order valence-corrected chi connectivity index (χ2v) is 8.56. The standard InChI is InChI=1S/C24H20N2O4S/c1-30-22-13-10-19(11-14-22)18-6-8-20(9-7-18)24(27)25-26-31(28,29)23-15-12-17-4-2-3-5-21(17)16-23/h2-16,26H,1H3,(H,25,27). The van der Waals surface area contributed by atoms with Gasteiger partial charge in [-0.3, -0.25) is 10.2 Å². The lowest BCUT2D eigenvalue weighted by Crippen LogP contribution is -2.41. The summed E-state index contributed by atoms with van der Waals surface area (Å²) in [5.41, 5.74) is 4.50. The molecule has 4 aromatic rings. The van der Waals surface area contributed by atoms with Gasteiger partial charge in [-0.2, -0.15) is 0 Å². The summed E-state index contributed by atoms with van der Waals surface area (Å²) in [6.45, 7) is 0. The molecule has 31 heavy (non-hydrogen) atoms. The quantitative estimate of drug-likeness (QED) is 0.449. The van der Waals surface area contributed by atoms with Crippen molar-refractivity contribution in [2.45, 2.75) is 4.90 Å². The molecule has 1 amide bonds. The predicted molar refractivity (Wildman–Crippen MR) is 120 cm³/mol. The Morgan fingerprint density at radius 2 is 1.39 bits per heavy atom. The Labute approximate surface area is 180 Å². The first-order chi connectivity index (χ1) is 15.0. The van der Waals surface area contributed by atoms with E-state index in [-0.39, 0.29) is 4.90 Å². The molecule has 0 spiro atoms. The number of sulfonamides is 1. The van der Waals surface area contributed by atoms with Crippen molar-refractivity contribution in [1.29, 1.82) is 0 Å². The number of ether oxygens (including phenoxy) is 1.